The van der Waals surface area contributed by atoms with E-state index in [1.807, 2.05) is 0 Å². The van der Waals surface area contributed by atoms with Gasteiger partial charge in [-0.15, -0.1) is 0 Å². The van der Waals surface area contributed by atoms with Gasteiger partial charge in [-0.25, -0.2) is 9.97 Å². The first kappa shape index (κ1) is 13.3. The van der Waals surface area contributed by atoms with Gasteiger partial charge in [-0.1, -0.05) is 11.6 Å². The summed E-state index contributed by atoms with van der Waals surface area (Å²) in [7, 11) is 0. The molecule has 0 N–H and O–H groups in total. The van der Waals surface area contributed by atoms with E-state index in [1.54, 1.807) is 36.5 Å². The number of aromatic nitrogens is 2. The molecule has 3 rings (SSSR count). The number of ether oxygens (including phenoxy) is 1. The van der Waals surface area contributed by atoms with Gasteiger partial charge in [-0.3, -0.25) is 10.1 Å². The van der Waals surface area contributed by atoms with Crippen LogP contribution in [0.2, 0.25) is 5.15 Å². The summed E-state index contributed by atoms with van der Waals surface area (Å²) in [6.45, 7) is 0. The summed E-state index contributed by atoms with van der Waals surface area (Å²) in [6.07, 6.45) is 1.56. The minimum absolute atomic E-state index is 0.0215. The molecule has 0 saturated heterocycles. The minimum Gasteiger partial charge on any atom is -0.436 e. The van der Waals surface area contributed by atoms with Gasteiger partial charge in [0.25, 0.3) is 5.69 Å². The Kier molecular flexibility index (Phi) is 3.37. The summed E-state index contributed by atoms with van der Waals surface area (Å²) in [4.78, 5) is 18.5. The van der Waals surface area contributed by atoms with Gasteiger partial charge in [0.1, 0.15) is 0 Å². The standard InChI is InChI=1S/C14H8ClN3O3/c15-14-12(2-1-7-16-14)21-13-6-3-9-8-10(18(19)20)4-5-11(9)17-13/h1-8H. The average molecular weight is 302 g/mol. The van der Waals surface area contributed by atoms with Gasteiger partial charge >= 0.3 is 0 Å². The van der Waals surface area contributed by atoms with Crippen molar-refractivity contribution in [2.75, 3.05) is 0 Å². The summed E-state index contributed by atoms with van der Waals surface area (Å²) < 4.78 is 5.56. The number of benzene rings is 1. The highest BCUT2D eigenvalue weighted by atomic mass is 35.5. The Morgan fingerprint density at radius 3 is 2.81 bits per heavy atom. The first-order valence-corrected chi connectivity index (χ1v) is 6.35. The van der Waals surface area contributed by atoms with Crippen LogP contribution in [-0.4, -0.2) is 14.9 Å². The van der Waals surface area contributed by atoms with Crippen LogP contribution < -0.4 is 4.74 Å². The predicted molar refractivity (Wildman–Crippen MR) is 77.7 cm³/mol. The molecule has 21 heavy (non-hydrogen) atoms. The van der Waals surface area contributed by atoms with Crippen molar-refractivity contribution >= 4 is 28.2 Å². The van der Waals surface area contributed by atoms with E-state index in [9.17, 15) is 10.1 Å². The molecule has 0 radical (unpaired) electrons. The van der Waals surface area contributed by atoms with Crippen molar-refractivity contribution in [1.29, 1.82) is 0 Å². The zero-order chi connectivity index (χ0) is 14.8. The Balaban J connectivity index is 1.96. The van der Waals surface area contributed by atoms with Crippen LogP contribution in [0, 0.1) is 10.1 Å². The lowest BCUT2D eigenvalue weighted by Crippen LogP contribution is -1.92. The van der Waals surface area contributed by atoms with Crippen molar-refractivity contribution in [2.24, 2.45) is 0 Å². The van der Waals surface area contributed by atoms with Gasteiger partial charge in [-0.05, 0) is 24.3 Å². The molecule has 0 amide bonds. The van der Waals surface area contributed by atoms with E-state index in [0.717, 1.165) is 0 Å². The fourth-order valence-electron chi connectivity index (χ4n) is 1.82. The number of rotatable bonds is 3. The minimum atomic E-state index is -0.445. The highest BCUT2D eigenvalue weighted by Gasteiger charge is 2.09. The number of pyridine rings is 2. The molecule has 104 valence electrons. The molecule has 0 bridgehead atoms. The smallest absolute Gasteiger partial charge is 0.270 e. The van der Waals surface area contributed by atoms with Crippen molar-refractivity contribution in [2.45, 2.75) is 0 Å². The number of non-ortho nitro benzene ring substituents is 1. The second kappa shape index (κ2) is 5.34. The molecule has 1 aromatic carbocycles. The number of halogens is 1. The van der Waals surface area contributed by atoms with E-state index in [0.29, 0.717) is 22.5 Å². The second-order valence-corrected chi connectivity index (χ2v) is 4.54. The highest BCUT2D eigenvalue weighted by molar-refractivity contribution is 6.30. The zero-order valence-electron chi connectivity index (χ0n) is 10.6. The quantitative estimate of drug-likeness (QED) is 0.415. The molecule has 3 aromatic rings. The van der Waals surface area contributed by atoms with Crippen LogP contribution in [-0.2, 0) is 0 Å². The lowest BCUT2D eigenvalue weighted by Gasteiger charge is -2.06. The number of hydrogen-bond acceptors (Lipinski definition) is 5. The molecule has 0 spiro atoms. The van der Waals surface area contributed by atoms with E-state index in [1.165, 1.54) is 12.1 Å². The molecule has 2 heterocycles. The highest BCUT2D eigenvalue weighted by Crippen LogP contribution is 2.28. The molecular formula is C14H8ClN3O3. The zero-order valence-corrected chi connectivity index (χ0v) is 11.3. The van der Waals surface area contributed by atoms with Crippen LogP contribution in [0.3, 0.4) is 0 Å². The first-order valence-electron chi connectivity index (χ1n) is 5.97. The number of fused-ring (bicyclic) bond motifs is 1. The molecule has 0 atom stereocenters. The topological polar surface area (TPSA) is 78.2 Å². The molecule has 0 aliphatic heterocycles. The Bertz CT molecular complexity index is 839. The van der Waals surface area contributed by atoms with E-state index in [2.05, 4.69) is 9.97 Å². The monoisotopic (exact) mass is 301 g/mol. The molecular weight excluding hydrogens is 294 g/mol. The summed E-state index contributed by atoms with van der Waals surface area (Å²) in [5.74, 6) is 0.735. The van der Waals surface area contributed by atoms with Crippen molar-refractivity contribution in [3.8, 4) is 11.6 Å². The van der Waals surface area contributed by atoms with Gasteiger partial charge in [0, 0.05) is 29.8 Å². The normalized spacial score (nSPS) is 10.5. The van der Waals surface area contributed by atoms with Crippen LogP contribution >= 0.6 is 11.6 Å². The molecule has 7 heteroatoms. The van der Waals surface area contributed by atoms with Crippen molar-refractivity contribution in [3.63, 3.8) is 0 Å². The summed E-state index contributed by atoms with van der Waals surface area (Å²) in [5.41, 5.74) is 0.617. The second-order valence-electron chi connectivity index (χ2n) is 4.18. The van der Waals surface area contributed by atoms with Gasteiger partial charge in [0.05, 0.1) is 10.4 Å². The van der Waals surface area contributed by atoms with Crippen molar-refractivity contribution < 1.29 is 9.66 Å². The molecule has 0 aliphatic carbocycles. The largest absolute Gasteiger partial charge is 0.436 e. The molecule has 0 unspecified atom stereocenters. The third-order valence-corrected chi connectivity index (χ3v) is 3.08. The molecule has 0 saturated carbocycles. The van der Waals surface area contributed by atoms with Crippen LogP contribution in [0.25, 0.3) is 10.9 Å². The fraction of sp³-hybridized carbons (Fsp3) is 0. The van der Waals surface area contributed by atoms with Crippen molar-refractivity contribution in [1.82, 2.24) is 9.97 Å². The van der Waals surface area contributed by atoms with Crippen LogP contribution in [0.1, 0.15) is 0 Å². The summed E-state index contributed by atoms with van der Waals surface area (Å²) in [5, 5.41) is 11.6. The lowest BCUT2D eigenvalue weighted by atomic mass is 10.2. The predicted octanol–water partition coefficient (Wildman–Crippen LogP) is 3.98. The maximum Gasteiger partial charge on any atom is 0.270 e. The fourth-order valence-corrected chi connectivity index (χ4v) is 1.98. The van der Waals surface area contributed by atoms with Gasteiger partial charge < -0.3 is 4.74 Å². The third-order valence-electron chi connectivity index (χ3n) is 2.80. The summed E-state index contributed by atoms with van der Waals surface area (Å²) in [6, 6.07) is 11.1. The number of hydrogen-bond donors (Lipinski definition) is 0. The van der Waals surface area contributed by atoms with Gasteiger partial charge in [0.15, 0.2) is 10.9 Å². The van der Waals surface area contributed by atoms with Crippen molar-refractivity contribution in [3.05, 3.63) is 63.9 Å². The van der Waals surface area contributed by atoms with E-state index in [-0.39, 0.29) is 10.8 Å². The van der Waals surface area contributed by atoms with Gasteiger partial charge in [-0.2, -0.15) is 0 Å². The Morgan fingerprint density at radius 1 is 1.19 bits per heavy atom. The lowest BCUT2D eigenvalue weighted by molar-refractivity contribution is -0.384. The first-order chi connectivity index (χ1) is 10.1. The number of nitro benzene ring substituents is 1. The maximum absolute atomic E-state index is 10.7. The number of nitrogens with zero attached hydrogens (tertiary/aromatic N) is 3. The van der Waals surface area contributed by atoms with Crippen LogP contribution in [0.5, 0.6) is 11.6 Å². The maximum atomic E-state index is 10.7. The molecule has 0 aliphatic rings. The van der Waals surface area contributed by atoms with Crippen LogP contribution in [0.4, 0.5) is 5.69 Å². The van der Waals surface area contributed by atoms with E-state index < -0.39 is 4.92 Å². The Morgan fingerprint density at radius 2 is 2.05 bits per heavy atom. The van der Waals surface area contributed by atoms with E-state index in [4.69, 9.17) is 16.3 Å². The number of nitro groups is 1. The third kappa shape index (κ3) is 2.75. The molecule has 0 fully saturated rings. The Labute approximate surface area is 124 Å². The molecule has 6 nitrogen and oxygen atoms in total. The van der Waals surface area contributed by atoms with Gasteiger partial charge in [0.2, 0.25) is 5.88 Å². The molecule has 2 aromatic heterocycles. The Hall–Kier alpha value is -2.73. The SMILES string of the molecule is O=[N+]([O-])c1ccc2nc(Oc3cccnc3Cl)ccc2c1. The van der Waals surface area contributed by atoms with Crippen LogP contribution in [0.15, 0.2) is 48.7 Å². The summed E-state index contributed by atoms with van der Waals surface area (Å²) >= 11 is 5.91. The average Bonchev–Trinajstić information content (AvgIpc) is 2.49. The van der Waals surface area contributed by atoms with E-state index >= 15 is 0 Å².